The first-order chi connectivity index (χ1) is 11.9. The van der Waals surface area contributed by atoms with Gasteiger partial charge in [0.1, 0.15) is 5.76 Å². The van der Waals surface area contributed by atoms with Crippen molar-refractivity contribution in [2.75, 3.05) is 31.2 Å². The first-order valence-corrected chi connectivity index (χ1v) is 8.85. The number of carbonyl (C=O) groups is 1. The number of nitrogens with zero attached hydrogens (tertiary/aromatic N) is 2. The molecule has 3 rings (SSSR count). The fourth-order valence-corrected chi connectivity index (χ4v) is 3.42. The molecule has 1 aliphatic heterocycles. The Kier molecular flexibility index (Phi) is 5.16. The van der Waals surface area contributed by atoms with Crippen LogP contribution in [0.1, 0.15) is 26.7 Å². The topological polar surface area (TPSA) is 62.1 Å². The lowest BCUT2D eigenvalue weighted by Gasteiger charge is -2.30. The van der Waals surface area contributed by atoms with E-state index in [1.165, 1.54) is 6.21 Å². The van der Waals surface area contributed by atoms with Crippen LogP contribution in [-0.4, -0.2) is 43.4 Å². The fourth-order valence-electron chi connectivity index (χ4n) is 3.25. The number of ketones is 1. The number of aliphatic hydroxyl groups excluding tert-OH is 1. The summed E-state index contributed by atoms with van der Waals surface area (Å²) in [4.78, 5) is 19.0. The second-order valence-corrected chi connectivity index (χ2v) is 7.73. The average molecular weight is 363 g/mol. The monoisotopic (exact) mass is 362 g/mol. The zero-order valence-electron chi connectivity index (χ0n) is 14.6. The van der Waals surface area contributed by atoms with E-state index < -0.39 is 0 Å². The lowest BCUT2D eigenvalue weighted by atomic mass is 9.77. The summed E-state index contributed by atoms with van der Waals surface area (Å²) in [6, 6.07) is 5.54. The summed E-state index contributed by atoms with van der Waals surface area (Å²) < 4.78 is 5.40. The minimum atomic E-state index is -0.215. The average Bonchev–Trinajstić information content (AvgIpc) is 2.54. The second-order valence-electron chi connectivity index (χ2n) is 7.29. The quantitative estimate of drug-likeness (QED) is 0.823. The third kappa shape index (κ3) is 4.22. The predicted octanol–water partition coefficient (Wildman–Crippen LogP) is 4.08. The Bertz CT molecular complexity index is 734. The van der Waals surface area contributed by atoms with E-state index in [1.54, 1.807) is 6.07 Å². The summed E-state index contributed by atoms with van der Waals surface area (Å²) in [6.07, 6.45) is 2.36. The molecule has 0 saturated carbocycles. The van der Waals surface area contributed by atoms with E-state index in [0.717, 1.165) is 18.8 Å². The Labute approximate surface area is 153 Å². The van der Waals surface area contributed by atoms with Crippen molar-refractivity contribution in [1.29, 1.82) is 0 Å². The Morgan fingerprint density at radius 3 is 2.68 bits per heavy atom. The third-order valence-corrected chi connectivity index (χ3v) is 4.75. The number of halogens is 1. The molecule has 0 atom stereocenters. The van der Waals surface area contributed by atoms with Crippen LogP contribution in [0, 0.1) is 5.41 Å². The summed E-state index contributed by atoms with van der Waals surface area (Å²) in [5.74, 6) is 0.0346. The molecule has 1 N–H and O–H groups in total. The van der Waals surface area contributed by atoms with Gasteiger partial charge in [0.25, 0.3) is 0 Å². The molecule has 0 radical (unpaired) electrons. The van der Waals surface area contributed by atoms with Crippen LogP contribution in [0.3, 0.4) is 0 Å². The molecule has 1 aromatic carbocycles. The normalized spacial score (nSPS) is 21.2. The molecule has 1 saturated heterocycles. The molecule has 6 heteroatoms. The van der Waals surface area contributed by atoms with Gasteiger partial charge in [0.15, 0.2) is 5.78 Å². The van der Waals surface area contributed by atoms with Gasteiger partial charge in [-0.2, -0.15) is 0 Å². The SMILES string of the molecule is CC1(C)CC(=O)C(C=Nc2cc(Cl)ccc2N2CCOCC2)=C(O)C1. The second kappa shape index (κ2) is 7.18. The zero-order valence-corrected chi connectivity index (χ0v) is 15.3. The third-order valence-electron chi connectivity index (χ3n) is 4.52. The molecule has 0 aromatic heterocycles. The van der Waals surface area contributed by atoms with Gasteiger partial charge in [0.2, 0.25) is 0 Å². The van der Waals surface area contributed by atoms with E-state index in [-0.39, 0.29) is 17.0 Å². The maximum atomic E-state index is 12.3. The zero-order chi connectivity index (χ0) is 18.0. The minimum Gasteiger partial charge on any atom is -0.511 e. The van der Waals surface area contributed by atoms with Gasteiger partial charge in [-0.15, -0.1) is 0 Å². The number of carbonyl (C=O) groups excluding carboxylic acids is 1. The van der Waals surface area contributed by atoms with E-state index in [0.29, 0.717) is 42.3 Å². The van der Waals surface area contributed by atoms with E-state index >= 15 is 0 Å². The summed E-state index contributed by atoms with van der Waals surface area (Å²) in [5, 5.41) is 10.8. The lowest BCUT2D eigenvalue weighted by molar-refractivity contribution is -0.117. The molecule has 1 aliphatic carbocycles. The number of ether oxygens (including phenoxy) is 1. The molecule has 1 heterocycles. The van der Waals surface area contributed by atoms with Crippen molar-refractivity contribution in [2.45, 2.75) is 26.7 Å². The van der Waals surface area contributed by atoms with E-state index in [2.05, 4.69) is 9.89 Å². The number of hydrogen-bond donors (Lipinski definition) is 1. The number of benzene rings is 1. The van der Waals surface area contributed by atoms with Gasteiger partial charge in [0, 0.05) is 37.2 Å². The number of Topliss-reactive ketones (excluding diaryl/α,β-unsaturated/α-hetero) is 1. The molecule has 5 nitrogen and oxygen atoms in total. The molecule has 1 aromatic rings. The van der Waals surface area contributed by atoms with Crippen molar-refractivity contribution in [3.05, 3.63) is 34.6 Å². The van der Waals surface area contributed by atoms with Crippen LogP contribution in [0.25, 0.3) is 0 Å². The van der Waals surface area contributed by atoms with Crippen molar-refractivity contribution in [2.24, 2.45) is 10.4 Å². The molecule has 1 fully saturated rings. The molecule has 0 unspecified atom stereocenters. The highest BCUT2D eigenvalue weighted by Gasteiger charge is 2.32. The highest BCUT2D eigenvalue weighted by molar-refractivity contribution is 6.31. The standard InChI is InChI=1S/C19H23ClN2O3/c1-19(2)10-17(23)14(18(24)11-19)12-21-15-9-13(20)3-4-16(15)22-5-7-25-8-6-22/h3-4,9,12,23H,5-8,10-11H2,1-2H3. The fraction of sp³-hybridized carbons (Fsp3) is 0.474. The first kappa shape index (κ1) is 18.0. The summed E-state index contributed by atoms with van der Waals surface area (Å²) in [5.41, 5.74) is 1.72. The maximum absolute atomic E-state index is 12.3. The smallest absolute Gasteiger partial charge is 0.168 e. The van der Waals surface area contributed by atoms with Gasteiger partial charge in [-0.3, -0.25) is 9.79 Å². The molecule has 25 heavy (non-hydrogen) atoms. The van der Waals surface area contributed by atoms with E-state index in [4.69, 9.17) is 16.3 Å². The van der Waals surface area contributed by atoms with Gasteiger partial charge in [-0.1, -0.05) is 25.4 Å². The molecular formula is C19H23ClN2O3. The highest BCUT2D eigenvalue weighted by atomic mass is 35.5. The van der Waals surface area contributed by atoms with Crippen LogP contribution in [0.4, 0.5) is 11.4 Å². The van der Waals surface area contributed by atoms with E-state index in [9.17, 15) is 9.90 Å². The van der Waals surface area contributed by atoms with Crippen LogP contribution >= 0.6 is 11.6 Å². The Morgan fingerprint density at radius 1 is 1.28 bits per heavy atom. The van der Waals surface area contributed by atoms with Gasteiger partial charge < -0.3 is 14.7 Å². The number of anilines is 1. The van der Waals surface area contributed by atoms with Crippen molar-refractivity contribution >= 4 is 35.0 Å². The van der Waals surface area contributed by atoms with Crippen molar-refractivity contribution < 1.29 is 14.6 Å². The maximum Gasteiger partial charge on any atom is 0.168 e. The van der Waals surface area contributed by atoms with Crippen molar-refractivity contribution in [3.8, 4) is 0 Å². The molecular weight excluding hydrogens is 340 g/mol. The Balaban J connectivity index is 1.90. The van der Waals surface area contributed by atoms with E-state index in [1.807, 2.05) is 26.0 Å². The molecule has 2 aliphatic rings. The molecule has 0 spiro atoms. The Morgan fingerprint density at radius 2 is 2.00 bits per heavy atom. The largest absolute Gasteiger partial charge is 0.511 e. The highest BCUT2D eigenvalue weighted by Crippen LogP contribution is 2.36. The minimum absolute atomic E-state index is 0.0764. The van der Waals surface area contributed by atoms with Crippen molar-refractivity contribution in [1.82, 2.24) is 0 Å². The Hall–Kier alpha value is -1.85. The van der Waals surface area contributed by atoms with Crippen LogP contribution in [0.2, 0.25) is 5.02 Å². The van der Waals surface area contributed by atoms with Gasteiger partial charge in [-0.25, -0.2) is 0 Å². The first-order valence-electron chi connectivity index (χ1n) is 8.47. The van der Waals surface area contributed by atoms with Crippen molar-refractivity contribution in [3.63, 3.8) is 0 Å². The number of rotatable bonds is 3. The van der Waals surface area contributed by atoms with Gasteiger partial charge in [-0.05, 0) is 23.6 Å². The van der Waals surface area contributed by atoms with Gasteiger partial charge >= 0.3 is 0 Å². The molecule has 0 bridgehead atoms. The van der Waals surface area contributed by atoms with Gasteiger partial charge in [0.05, 0.1) is 30.2 Å². The summed E-state index contributed by atoms with van der Waals surface area (Å²) in [6.45, 7) is 6.86. The van der Waals surface area contributed by atoms with Crippen LogP contribution in [0.5, 0.6) is 0 Å². The molecule has 134 valence electrons. The summed E-state index contributed by atoms with van der Waals surface area (Å²) >= 11 is 6.13. The number of morpholine rings is 1. The number of aliphatic hydroxyl groups is 1. The van der Waals surface area contributed by atoms with Crippen LogP contribution in [0.15, 0.2) is 34.5 Å². The number of hydrogen-bond acceptors (Lipinski definition) is 5. The molecule has 0 amide bonds. The van der Waals surface area contributed by atoms with Crippen LogP contribution < -0.4 is 4.90 Å². The lowest BCUT2D eigenvalue weighted by Crippen LogP contribution is -2.36. The number of allylic oxidation sites excluding steroid dienone is 2. The number of aliphatic imine (C=N–C) groups is 1. The van der Waals surface area contributed by atoms with Crippen LogP contribution in [-0.2, 0) is 9.53 Å². The predicted molar refractivity (Wildman–Crippen MR) is 100 cm³/mol. The summed E-state index contributed by atoms with van der Waals surface area (Å²) in [7, 11) is 0.